The molecule has 0 radical (unpaired) electrons. The van der Waals surface area contributed by atoms with Crippen molar-refractivity contribution in [2.75, 3.05) is 26.4 Å². The second-order valence-electron chi connectivity index (χ2n) is 3.25. The molecule has 0 unspecified atom stereocenters. The van der Waals surface area contributed by atoms with Crippen molar-refractivity contribution in [1.29, 1.82) is 0 Å². The van der Waals surface area contributed by atoms with Crippen molar-refractivity contribution in [3.63, 3.8) is 0 Å². The van der Waals surface area contributed by atoms with Crippen molar-refractivity contribution < 1.29 is 14.6 Å². The number of aliphatic hydroxyl groups is 1. The summed E-state index contributed by atoms with van der Waals surface area (Å²) in [6, 6.07) is 5.35. The molecule has 4 nitrogen and oxygen atoms in total. The van der Waals surface area contributed by atoms with E-state index in [0.717, 1.165) is 8.95 Å². The van der Waals surface area contributed by atoms with E-state index in [9.17, 15) is 4.79 Å². The molecule has 0 aromatic heterocycles. The second kappa shape index (κ2) is 7.81. The lowest BCUT2D eigenvalue weighted by Gasteiger charge is -2.06. The molecule has 0 atom stereocenters. The van der Waals surface area contributed by atoms with E-state index in [1.54, 1.807) is 12.1 Å². The van der Waals surface area contributed by atoms with E-state index >= 15 is 0 Å². The maximum Gasteiger partial charge on any atom is 0.251 e. The van der Waals surface area contributed by atoms with Gasteiger partial charge in [-0.25, -0.2) is 0 Å². The van der Waals surface area contributed by atoms with Crippen LogP contribution in [0.15, 0.2) is 27.1 Å². The molecule has 0 aliphatic rings. The summed E-state index contributed by atoms with van der Waals surface area (Å²) in [4.78, 5) is 11.7. The first-order valence-corrected chi connectivity index (χ1v) is 6.65. The summed E-state index contributed by atoms with van der Waals surface area (Å²) in [5.74, 6) is -0.153. The van der Waals surface area contributed by atoms with Gasteiger partial charge in [0.05, 0.1) is 19.8 Å². The molecule has 1 amide bonds. The van der Waals surface area contributed by atoms with Gasteiger partial charge < -0.3 is 15.2 Å². The molecular formula is C11H13Br2NO3. The predicted molar refractivity (Wildman–Crippen MR) is 72.1 cm³/mol. The number of hydrogen-bond acceptors (Lipinski definition) is 3. The highest BCUT2D eigenvalue weighted by atomic mass is 79.9. The Hall–Kier alpha value is -0.430. The number of rotatable bonds is 6. The van der Waals surface area contributed by atoms with Crippen LogP contribution >= 0.6 is 31.9 Å². The minimum absolute atomic E-state index is 0.00742. The third kappa shape index (κ3) is 5.63. The van der Waals surface area contributed by atoms with Gasteiger partial charge in [-0.3, -0.25) is 4.79 Å². The molecule has 0 aliphatic carbocycles. The van der Waals surface area contributed by atoms with Crippen LogP contribution in [-0.4, -0.2) is 37.4 Å². The topological polar surface area (TPSA) is 58.6 Å². The van der Waals surface area contributed by atoms with Gasteiger partial charge >= 0.3 is 0 Å². The van der Waals surface area contributed by atoms with Crippen LogP contribution in [0, 0.1) is 0 Å². The molecule has 0 saturated heterocycles. The van der Waals surface area contributed by atoms with Crippen LogP contribution < -0.4 is 5.32 Å². The molecule has 0 heterocycles. The lowest BCUT2D eigenvalue weighted by molar-refractivity contribution is 0.0838. The Morgan fingerprint density at radius 2 is 1.88 bits per heavy atom. The summed E-state index contributed by atoms with van der Waals surface area (Å²) in [6.45, 7) is 1.09. The maximum absolute atomic E-state index is 11.7. The third-order valence-corrected chi connectivity index (χ3v) is 2.81. The lowest BCUT2D eigenvalue weighted by atomic mass is 10.2. The molecule has 2 N–H and O–H groups in total. The van der Waals surface area contributed by atoms with Crippen LogP contribution in [0.2, 0.25) is 0 Å². The average Bonchev–Trinajstić information content (AvgIpc) is 2.27. The highest BCUT2D eigenvalue weighted by Crippen LogP contribution is 2.19. The summed E-state index contributed by atoms with van der Waals surface area (Å²) in [7, 11) is 0. The number of halogens is 2. The molecule has 0 spiro atoms. The average molecular weight is 367 g/mol. The van der Waals surface area contributed by atoms with Gasteiger partial charge in [0.2, 0.25) is 0 Å². The number of carbonyl (C=O) groups excluding carboxylic acids is 1. The Bertz CT molecular complexity index is 365. The molecule has 0 fully saturated rings. The highest BCUT2D eigenvalue weighted by Gasteiger charge is 2.06. The van der Waals surface area contributed by atoms with Gasteiger partial charge in [-0.2, -0.15) is 0 Å². The monoisotopic (exact) mass is 365 g/mol. The van der Waals surface area contributed by atoms with Gasteiger partial charge in [0.1, 0.15) is 0 Å². The van der Waals surface area contributed by atoms with Gasteiger partial charge in [0.15, 0.2) is 0 Å². The van der Waals surface area contributed by atoms with Crippen molar-refractivity contribution in [3.8, 4) is 0 Å². The van der Waals surface area contributed by atoms with Crippen LogP contribution in [0.3, 0.4) is 0 Å². The normalized spacial score (nSPS) is 10.3. The van der Waals surface area contributed by atoms with Crippen molar-refractivity contribution in [3.05, 3.63) is 32.7 Å². The number of hydrogen-bond donors (Lipinski definition) is 2. The van der Waals surface area contributed by atoms with Crippen LogP contribution in [0.1, 0.15) is 10.4 Å². The molecule has 1 aromatic rings. The van der Waals surface area contributed by atoms with Gasteiger partial charge in [-0.1, -0.05) is 31.9 Å². The van der Waals surface area contributed by atoms with Crippen LogP contribution in [-0.2, 0) is 4.74 Å². The third-order valence-electron chi connectivity index (χ3n) is 1.89. The first-order chi connectivity index (χ1) is 8.13. The minimum Gasteiger partial charge on any atom is -0.394 e. The van der Waals surface area contributed by atoms with Gasteiger partial charge in [-0.05, 0) is 18.2 Å². The number of nitrogens with one attached hydrogen (secondary N) is 1. The summed E-state index contributed by atoms with van der Waals surface area (Å²) < 4.78 is 6.72. The Kier molecular flexibility index (Phi) is 6.72. The fraction of sp³-hybridized carbons (Fsp3) is 0.364. The predicted octanol–water partition coefficient (Wildman–Crippen LogP) is 1.95. The van der Waals surface area contributed by atoms with E-state index in [4.69, 9.17) is 9.84 Å². The fourth-order valence-electron chi connectivity index (χ4n) is 1.19. The first-order valence-electron chi connectivity index (χ1n) is 5.06. The molecule has 0 bridgehead atoms. The SMILES string of the molecule is O=C(NCCOCCO)c1cc(Br)cc(Br)c1. The molecule has 6 heteroatoms. The van der Waals surface area contributed by atoms with Gasteiger partial charge in [0.25, 0.3) is 5.91 Å². The maximum atomic E-state index is 11.7. The van der Waals surface area contributed by atoms with E-state index in [-0.39, 0.29) is 19.1 Å². The van der Waals surface area contributed by atoms with Crippen LogP contribution in [0.25, 0.3) is 0 Å². The molecule has 94 valence electrons. The van der Waals surface area contributed by atoms with Crippen molar-refractivity contribution in [1.82, 2.24) is 5.32 Å². The van der Waals surface area contributed by atoms with Crippen molar-refractivity contribution in [2.24, 2.45) is 0 Å². The van der Waals surface area contributed by atoms with E-state index in [2.05, 4.69) is 37.2 Å². The number of amides is 1. The zero-order chi connectivity index (χ0) is 12.7. The smallest absolute Gasteiger partial charge is 0.251 e. The number of benzene rings is 1. The number of ether oxygens (including phenoxy) is 1. The largest absolute Gasteiger partial charge is 0.394 e. The highest BCUT2D eigenvalue weighted by molar-refractivity contribution is 9.11. The molecule has 1 rings (SSSR count). The summed E-state index contributed by atoms with van der Waals surface area (Å²) in [5, 5.41) is 11.2. The van der Waals surface area contributed by atoms with E-state index in [1.807, 2.05) is 6.07 Å². The standard InChI is InChI=1S/C11H13Br2NO3/c12-9-5-8(6-10(13)7-9)11(16)14-1-3-17-4-2-15/h5-7,15H,1-4H2,(H,14,16). The van der Waals surface area contributed by atoms with Crippen LogP contribution in [0.4, 0.5) is 0 Å². The van der Waals surface area contributed by atoms with Gasteiger partial charge in [-0.15, -0.1) is 0 Å². The Balaban J connectivity index is 2.41. The van der Waals surface area contributed by atoms with E-state index < -0.39 is 0 Å². The first kappa shape index (κ1) is 14.6. The molecule has 0 aliphatic heterocycles. The summed E-state index contributed by atoms with van der Waals surface area (Å²) >= 11 is 6.64. The Morgan fingerprint density at radius 1 is 1.24 bits per heavy atom. The fourth-order valence-corrected chi connectivity index (χ4v) is 2.48. The number of carbonyl (C=O) groups is 1. The zero-order valence-electron chi connectivity index (χ0n) is 9.08. The Morgan fingerprint density at radius 3 is 2.47 bits per heavy atom. The van der Waals surface area contributed by atoms with E-state index in [1.165, 1.54) is 0 Å². The summed E-state index contributed by atoms with van der Waals surface area (Å²) in [6.07, 6.45) is 0. The molecule has 1 aromatic carbocycles. The second-order valence-corrected chi connectivity index (χ2v) is 5.08. The Labute approximate surface area is 117 Å². The molecule has 17 heavy (non-hydrogen) atoms. The minimum atomic E-state index is -0.153. The van der Waals surface area contributed by atoms with Crippen LogP contribution in [0.5, 0.6) is 0 Å². The lowest BCUT2D eigenvalue weighted by Crippen LogP contribution is -2.27. The molecule has 0 saturated carbocycles. The molecular weight excluding hydrogens is 354 g/mol. The van der Waals surface area contributed by atoms with E-state index in [0.29, 0.717) is 18.7 Å². The quantitative estimate of drug-likeness (QED) is 0.756. The number of aliphatic hydroxyl groups excluding tert-OH is 1. The van der Waals surface area contributed by atoms with Crippen molar-refractivity contribution >= 4 is 37.8 Å². The van der Waals surface area contributed by atoms with Crippen molar-refractivity contribution in [2.45, 2.75) is 0 Å². The zero-order valence-corrected chi connectivity index (χ0v) is 12.3. The summed E-state index contributed by atoms with van der Waals surface area (Å²) in [5.41, 5.74) is 0.577. The van der Waals surface area contributed by atoms with Gasteiger partial charge in [0, 0.05) is 21.1 Å².